The fraction of sp³-hybridized carbons (Fsp3) is 0.706. The summed E-state index contributed by atoms with van der Waals surface area (Å²) >= 11 is 0. The van der Waals surface area contributed by atoms with Crippen LogP contribution in [-0.4, -0.2) is 36.6 Å². The predicted octanol–water partition coefficient (Wildman–Crippen LogP) is 6.52. The van der Waals surface area contributed by atoms with E-state index in [1.54, 1.807) is 11.1 Å². The van der Waals surface area contributed by atoms with E-state index in [2.05, 4.69) is 24.3 Å². The molecule has 8 aliphatic carbocycles. The summed E-state index contributed by atoms with van der Waals surface area (Å²) in [6.45, 7) is 0.454. The summed E-state index contributed by atoms with van der Waals surface area (Å²) < 4.78 is 12.3. The molecule has 0 amide bonds. The van der Waals surface area contributed by atoms with Crippen LogP contribution in [0.5, 0.6) is 11.5 Å². The Bertz CT molecular complexity index is 1160. The molecule has 10 rings (SSSR count). The van der Waals surface area contributed by atoms with Gasteiger partial charge in [0.25, 0.3) is 0 Å². The molecule has 4 nitrogen and oxygen atoms in total. The molecule has 2 N–H and O–H groups in total. The topological polar surface area (TPSA) is 58.9 Å². The van der Waals surface area contributed by atoms with Crippen molar-refractivity contribution in [1.82, 2.24) is 0 Å². The van der Waals surface area contributed by atoms with Crippen molar-refractivity contribution in [1.29, 1.82) is 0 Å². The van der Waals surface area contributed by atoms with E-state index in [0.717, 1.165) is 41.3 Å². The van der Waals surface area contributed by atoms with Crippen LogP contribution in [0.3, 0.4) is 0 Å². The highest BCUT2D eigenvalue weighted by molar-refractivity contribution is 5.95. The van der Waals surface area contributed by atoms with Crippen molar-refractivity contribution in [2.45, 2.75) is 87.9 Å². The number of benzene rings is 2. The highest BCUT2D eigenvalue weighted by atomic mass is 16.5. The second kappa shape index (κ2) is 8.86. The van der Waals surface area contributed by atoms with Gasteiger partial charge in [-0.1, -0.05) is 12.1 Å². The molecule has 8 saturated carbocycles. The molecular weight excluding hydrogens is 472 g/mol. The second-order valence-corrected chi connectivity index (χ2v) is 14.6. The molecule has 2 aromatic rings. The van der Waals surface area contributed by atoms with Gasteiger partial charge in [-0.25, -0.2) is 0 Å². The van der Waals surface area contributed by atoms with E-state index in [0.29, 0.717) is 16.6 Å². The minimum Gasteiger partial charge on any atom is -0.487 e. The van der Waals surface area contributed by atoms with E-state index >= 15 is 0 Å². The number of aliphatic hydroxyl groups is 2. The zero-order valence-electron chi connectivity index (χ0n) is 22.8. The lowest BCUT2D eigenvalue weighted by atomic mass is 9.46. The summed E-state index contributed by atoms with van der Waals surface area (Å²) in [5.74, 6) is 6.88. The van der Waals surface area contributed by atoms with Crippen molar-refractivity contribution < 1.29 is 19.7 Å². The molecule has 2 aromatic carbocycles. The average Bonchev–Trinajstić information content (AvgIpc) is 2.88. The van der Waals surface area contributed by atoms with Gasteiger partial charge in [-0.15, -0.1) is 0 Å². The zero-order valence-corrected chi connectivity index (χ0v) is 22.8. The smallest absolute Gasteiger partial charge is 0.169 e. The summed E-state index contributed by atoms with van der Waals surface area (Å²) in [5, 5.41) is 21.7. The van der Waals surface area contributed by atoms with E-state index in [4.69, 9.17) is 9.47 Å². The highest BCUT2D eigenvalue weighted by Crippen LogP contribution is 2.64. The normalized spacial score (nSPS) is 40.3. The molecule has 0 spiro atoms. The lowest BCUT2D eigenvalue weighted by Crippen LogP contribution is -2.50. The van der Waals surface area contributed by atoms with Gasteiger partial charge in [0.1, 0.15) is 13.2 Å². The van der Waals surface area contributed by atoms with Gasteiger partial charge >= 0.3 is 0 Å². The first-order chi connectivity index (χ1) is 18.6. The average molecular weight is 517 g/mol. The lowest BCUT2D eigenvalue weighted by Gasteiger charge is -2.59. The van der Waals surface area contributed by atoms with Crippen LogP contribution in [0, 0.1) is 35.5 Å². The van der Waals surface area contributed by atoms with E-state index in [9.17, 15) is 10.2 Å². The molecule has 0 radical (unpaired) electrons. The third-order valence-corrected chi connectivity index (χ3v) is 12.0. The third kappa shape index (κ3) is 3.69. The molecule has 8 fully saturated rings. The maximum atomic E-state index is 9.68. The van der Waals surface area contributed by atoms with Gasteiger partial charge in [0.2, 0.25) is 0 Å². The van der Waals surface area contributed by atoms with Crippen molar-refractivity contribution in [3.05, 3.63) is 35.4 Å². The molecule has 0 aromatic heterocycles. The van der Waals surface area contributed by atoms with Crippen molar-refractivity contribution >= 4 is 10.8 Å². The first-order valence-corrected chi connectivity index (χ1v) is 15.7. The van der Waals surface area contributed by atoms with Gasteiger partial charge in [0, 0.05) is 5.39 Å². The van der Waals surface area contributed by atoms with Gasteiger partial charge in [-0.05, 0) is 152 Å². The fourth-order valence-electron chi connectivity index (χ4n) is 11.6. The number of fused-ring (bicyclic) bond motifs is 1. The number of hydrogen-bond donors (Lipinski definition) is 2. The molecule has 8 aliphatic rings. The molecule has 0 saturated heterocycles. The minimum absolute atomic E-state index is 0.0215. The summed E-state index contributed by atoms with van der Waals surface area (Å²) in [6, 6.07) is 9.53. The summed E-state index contributed by atoms with van der Waals surface area (Å²) in [7, 11) is 0. The summed E-state index contributed by atoms with van der Waals surface area (Å²) in [6.07, 6.45) is 16.9. The van der Waals surface area contributed by atoms with Crippen LogP contribution >= 0.6 is 0 Å². The van der Waals surface area contributed by atoms with Gasteiger partial charge in [-0.2, -0.15) is 0 Å². The van der Waals surface area contributed by atoms with Crippen LogP contribution in [-0.2, 0) is 10.8 Å². The number of hydrogen-bond acceptors (Lipinski definition) is 4. The van der Waals surface area contributed by atoms with Crippen molar-refractivity contribution in [3.63, 3.8) is 0 Å². The Kier molecular flexibility index (Phi) is 5.61. The van der Waals surface area contributed by atoms with Gasteiger partial charge in [-0.3, -0.25) is 0 Å². The third-order valence-electron chi connectivity index (χ3n) is 12.0. The van der Waals surface area contributed by atoms with E-state index in [1.807, 2.05) is 0 Å². The van der Waals surface area contributed by atoms with Crippen molar-refractivity contribution in [2.24, 2.45) is 35.5 Å². The molecule has 0 atom stereocenters. The Morgan fingerprint density at radius 3 is 1.63 bits per heavy atom. The molecular formula is C34H44O4. The van der Waals surface area contributed by atoms with Gasteiger partial charge < -0.3 is 19.7 Å². The molecule has 8 bridgehead atoms. The Labute approximate surface area is 227 Å². The van der Waals surface area contributed by atoms with Crippen LogP contribution in [0.2, 0.25) is 0 Å². The van der Waals surface area contributed by atoms with Crippen LogP contribution in [0.1, 0.15) is 88.2 Å². The molecule has 4 heteroatoms. The minimum atomic E-state index is -0.0245. The lowest BCUT2D eigenvalue weighted by molar-refractivity contribution is -0.00788. The van der Waals surface area contributed by atoms with Crippen LogP contribution in [0.25, 0.3) is 10.8 Å². The summed E-state index contributed by atoms with van der Waals surface area (Å²) in [5.41, 5.74) is 3.79. The van der Waals surface area contributed by atoms with Crippen LogP contribution in [0.4, 0.5) is 0 Å². The molecule has 0 heterocycles. The maximum Gasteiger partial charge on any atom is 0.169 e. The van der Waals surface area contributed by atoms with E-state index in [1.165, 1.54) is 87.8 Å². The van der Waals surface area contributed by atoms with Crippen LogP contribution < -0.4 is 9.47 Å². The van der Waals surface area contributed by atoms with Gasteiger partial charge in [0.05, 0.1) is 13.2 Å². The Balaban J connectivity index is 1.34. The van der Waals surface area contributed by atoms with Crippen LogP contribution in [0.15, 0.2) is 24.3 Å². The number of ether oxygens (including phenoxy) is 2. The number of rotatable bonds is 8. The zero-order chi connectivity index (χ0) is 25.5. The number of aliphatic hydroxyl groups excluding tert-OH is 2. The molecule has 0 unspecified atom stereocenters. The van der Waals surface area contributed by atoms with Crippen molar-refractivity contribution in [2.75, 3.05) is 26.4 Å². The maximum absolute atomic E-state index is 9.68. The first kappa shape index (κ1) is 24.1. The Morgan fingerprint density at radius 1 is 0.605 bits per heavy atom. The van der Waals surface area contributed by atoms with E-state index < -0.39 is 0 Å². The predicted molar refractivity (Wildman–Crippen MR) is 149 cm³/mol. The summed E-state index contributed by atoms with van der Waals surface area (Å²) in [4.78, 5) is 0. The Hall–Kier alpha value is -1.78. The molecule has 0 aliphatic heterocycles. The first-order valence-electron chi connectivity index (χ1n) is 15.7. The van der Waals surface area contributed by atoms with Crippen molar-refractivity contribution in [3.8, 4) is 11.5 Å². The highest BCUT2D eigenvalue weighted by Gasteiger charge is 2.54. The Morgan fingerprint density at radius 2 is 1.11 bits per heavy atom. The fourth-order valence-corrected chi connectivity index (χ4v) is 11.6. The van der Waals surface area contributed by atoms with Gasteiger partial charge in [0.15, 0.2) is 11.5 Å². The largest absolute Gasteiger partial charge is 0.487 e. The second-order valence-electron chi connectivity index (χ2n) is 14.6. The SMILES string of the molecule is OCCOc1ccc2c(C34CC5CC(CC(C5)C3)C4)cc(C34CC5CC(CC(C5)C3)C4)cc2c1OCCO. The van der Waals surface area contributed by atoms with E-state index in [-0.39, 0.29) is 26.4 Å². The standard InChI is InChI=1S/C34H44O4/c35-3-5-37-31-2-1-28-29(32(31)38-6-4-36)13-27(33-15-21-7-22(16-33)9-23(8-21)17-33)14-30(28)34-18-24-10-25(19-34)12-26(11-24)20-34/h1-2,13-14,21-26,35-36H,3-12,15-20H2. The molecule has 38 heavy (non-hydrogen) atoms. The molecule has 204 valence electrons. The monoisotopic (exact) mass is 516 g/mol. The quantitative estimate of drug-likeness (QED) is 0.420.